The van der Waals surface area contributed by atoms with Crippen molar-refractivity contribution in [3.05, 3.63) is 119 Å². The molecule has 5 aromatic carbocycles. The molecule has 79 heavy (non-hydrogen) atoms. The van der Waals surface area contributed by atoms with Gasteiger partial charge in [-0.25, -0.2) is 13.7 Å². The predicted octanol–water partition coefficient (Wildman–Crippen LogP) is 7.10. The molecule has 6 amide bonds. The number of phosphoric ester groups is 3. The number of anilines is 3. The predicted molar refractivity (Wildman–Crippen MR) is 293 cm³/mol. The zero-order valence-electron chi connectivity index (χ0n) is 41.3. The van der Waals surface area contributed by atoms with Crippen LogP contribution in [-0.4, -0.2) is 108 Å². The van der Waals surface area contributed by atoms with Gasteiger partial charge in [-0.2, -0.15) is 0 Å². The lowest BCUT2D eigenvalue weighted by molar-refractivity contribution is -0.137. The maximum atomic E-state index is 14.3. The van der Waals surface area contributed by atoms with Crippen LogP contribution in [0.4, 0.5) is 17.1 Å². The van der Waals surface area contributed by atoms with Crippen molar-refractivity contribution in [1.82, 2.24) is 10.2 Å². The van der Waals surface area contributed by atoms with Crippen molar-refractivity contribution in [3.63, 3.8) is 0 Å². The molecule has 0 spiro atoms. The summed E-state index contributed by atoms with van der Waals surface area (Å²) < 4.78 is 52.1. The lowest BCUT2D eigenvalue weighted by Gasteiger charge is -2.20. The number of benzene rings is 5. The van der Waals surface area contributed by atoms with Crippen molar-refractivity contribution in [1.29, 1.82) is 0 Å². The number of unbranched alkanes of at least 4 members (excludes halogenated alkanes) is 2. The number of carbonyl (C=O) groups excluding carboxylic acids is 6. The summed E-state index contributed by atoms with van der Waals surface area (Å²) in [5.74, 6) is -5.48. The van der Waals surface area contributed by atoms with Gasteiger partial charge >= 0.3 is 23.5 Å². The maximum absolute atomic E-state index is 14.3. The molecule has 0 saturated carbocycles. The Morgan fingerprint density at radius 3 is 1.56 bits per heavy atom. The SMILES string of the molecule is O=C(CCCCCN1C(=O)C=CC1=O)NCCC(=O)Nc1c(C=CC(=O)N2C[C@@H](CCl)c3c2cc(OP(=O)(O)O)c2ccccc32)ccc(C=CC(=O)N2C[C@@H](CCl)c3c2cc(OP(=O)(O)O)c2ccccc32)c1OP(=O)(O)O. The van der Waals surface area contributed by atoms with Gasteiger partial charge in [-0.3, -0.25) is 63.0 Å². The van der Waals surface area contributed by atoms with E-state index in [2.05, 4.69) is 10.6 Å². The Bertz CT molecular complexity index is 3520. The number of alkyl halides is 2. The zero-order chi connectivity index (χ0) is 57.0. The quantitative estimate of drug-likeness (QED) is 0.0113. The molecule has 3 heterocycles. The summed E-state index contributed by atoms with van der Waals surface area (Å²) in [4.78, 5) is 142. The first-order valence-electron chi connectivity index (χ1n) is 24.2. The average Bonchev–Trinajstić information content (AvgIpc) is 4.28. The van der Waals surface area contributed by atoms with E-state index in [9.17, 15) is 71.8 Å². The molecule has 416 valence electrons. The Labute approximate surface area is 460 Å². The number of hydrogen-bond acceptors (Lipinski definition) is 12. The second-order valence-electron chi connectivity index (χ2n) is 18.3. The first-order valence-corrected chi connectivity index (χ1v) is 29.8. The van der Waals surface area contributed by atoms with Gasteiger partial charge in [0, 0.05) is 121 Å². The molecule has 0 radical (unpaired) electrons. The van der Waals surface area contributed by atoms with Crippen LogP contribution in [0.1, 0.15) is 66.2 Å². The lowest BCUT2D eigenvalue weighted by Crippen LogP contribution is -2.31. The van der Waals surface area contributed by atoms with E-state index in [1.54, 1.807) is 48.5 Å². The monoisotopic (exact) mass is 1180 g/mol. The van der Waals surface area contributed by atoms with Crippen molar-refractivity contribution >= 4 is 133 Å². The number of imide groups is 1. The minimum atomic E-state index is -5.53. The van der Waals surface area contributed by atoms with Gasteiger partial charge in [-0.1, -0.05) is 67.1 Å². The number of rotatable bonds is 22. The second-order valence-corrected chi connectivity index (χ2v) is 22.4. The highest BCUT2D eigenvalue weighted by atomic mass is 35.5. The molecule has 8 rings (SSSR count). The Balaban J connectivity index is 1.10. The Morgan fingerprint density at radius 2 is 1.08 bits per heavy atom. The first-order chi connectivity index (χ1) is 37.4. The normalized spacial score (nSPS) is 16.4. The van der Waals surface area contributed by atoms with E-state index in [0.717, 1.165) is 23.1 Å². The fraction of sp³-hybridized carbons (Fsp3) is 0.255. The largest absolute Gasteiger partial charge is 0.524 e. The number of amides is 6. The van der Waals surface area contributed by atoms with Crippen molar-refractivity contribution in [3.8, 4) is 17.2 Å². The van der Waals surface area contributed by atoms with Gasteiger partial charge in [-0.15, -0.1) is 23.2 Å². The van der Waals surface area contributed by atoms with Crippen LogP contribution in [0.2, 0.25) is 0 Å². The molecule has 0 aliphatic carbocycles. The molecule has 3 aliphatic rings. The van der Waals surface area contributed by atoms with E-state index < -0.39 is 88.6 Å². The standard InChI is InChI=1S/C51H50Cl2N5O18P3/c52-26-32-28-57(38-24-40(74-77(65,66)67)34-8-3-5-10-36(34)48(32)38)46(63)17-15-30-13-14-31(16-18-47(64)58-29-33(27-53)49-37-11-6-4-9-35(37)41(25-39(49)58)75-78(68,69)70)51(76-79(71,72)73)50(30)55-43(60)21-22-54-42(59)12-2-1-7-23-56-44(61)19-20-45(56)62/h3-6,8-11,13-20,24-25,32-33H,1-2,7,12,21-23,26-29H2,(H,54,59)(H,55,60)(H2,65,66,67)(H2,68,69,70)(H2,71,72,73)/t32-,33-/m1/s1. The minimum Gasteiger partial charge on any atom is -0.404 e. The summed E-state index contributed by atoms with van der Waals surface area (Å²) in [5, 5.41) is 6.90. The molecule has 8 N–H and O–H groups in total. The van der Waals surface area contributed by atoms with Gasteiger partial charge < -0.3 is 34.0 Å². The van der Waals surface area contributed by atoms with Crippen molar-refractivity contribution < 1.29 is 85.4 Å². The lowest BCUT2D eigenvalue weighted by atomic mass is 9.95. The van der Waals surface area contributed by atoms with Crippen molar-refractivity contribution in [2.45, 2.75) is 43.9 Å². The van der Waals surface area contributed by atoms with Gasteiger partial charge in [0.2, 0.25) is 11.8 Å². The van der Waals surface area contributed by atoms with E-state index in [-0.39, 0.29) is 78.4 Å². The summed E-state index contributed by atoms with van der Waals surface area (Å²) in [6, 6.07) is 18.4. The first kappa shape index (κ1) is 58.4. The van der Waals surface area contributed by atoms with Gasteiger partial charge in [0.05, 0.1) is 17.1 Å². The van der Waals surface area contributed by atoms with Gasteiger partial charge in [0.15, 0.2) is 5.75 Å². The highest BCUT2D eigenvalue weighted by Gasteiger charge is 2.37. The van der Waals surface area contributed by atoms with E-state index in [1.165, 1.54) is 52.3 Å². The highest BCUT2D eigenvalue weighted by molar-refractivity contribution is 7.47. The topological polar surface area (TPSA) is 336 Å². The van der Waals surface area contributed by atoms with Crippen LogP contribution >= 0.6 is 46.7 Å². The van der Waals surface area contributed by atoms with Crippen molar-refractivity contribution in [2.75, 3.05) is 53.1 Å². The molecule has 2 atom stereocenters. The van der Waals surface area contributed by atoms with Crippen LogP contribution in [0.15, 0.2) is 97.1 Å². The number of hydrogen-bond donors (Lipinski definition) is 8. The summed E-state index contributed by atoms with van der Waals surface area (Å²) in [5.41, 5.74) is 0.971. The molecule has 23 nitrogen and oxygen atoms in total. The molecule has 3 aliphatic heterocycles. The Kier molecular flexibility index (Phi) is 18.0. The smallest absolute Gasteiger partial charge is 0.404 e. The fourth-order valence-corrected chi connectivity index (χ4v) is 11.4. The Morgan fingerprint density at radius 1 is 0.608 bits per heavy atom. The van der Waals surface area contributed by atoms with Crippen LogP contribution < -0.4 is 34.0 Å². The number of carbonyl (C=O) groups is 6. The van der Waals surface area contributed by atoms with Crippen LogP contribution in [0.5, 0.6) is 17.2 Å². The summed E-state index contributed by atoms with van der Waals surface area (Å²) in [6.45, 7) is -0.0239. The summed E-state index contributed by atoms with van der Waals surface area (Å²) in [7, 11) is -15.7. The highest BCUT2D eigenvalue weighted by Crippen LogP contribution is 2.51. The van der Waals surface area contributed by atoms with Crippen LogP contribution in [0, 0.1) is 0 Å². The van der Waals surface area contributed by atoms with E-state index in [1.807, 2.05) is 0 Å². The van der Waals surface area contributed by atoms with Crippen molar-refractivity contribution in [2.24, 2.45) is 0 Å². The molecule has 5 aromatic rings. The fourth-order valence-electron chi connectivity index (χ4n) is 9.62. The second kappa shape index (κ2) is 24.3. The van der Waals surface area contributed by atoms with E-state index >= 15 is 0 Å². The number of nitrogens with zero attached hydrogens (tertiary/aromatic N) is 3. The van der Waals surface area contributed by atoms with Crippen LogP contribution in [0.3, 0.4) is 0 Å². The Hall–Kier alpha value is -6.71. The summed E-state index contributed by atoms with van der Waals surface area (Å²) >= 11 is 12.8. The third-order valence-electron chi connectivity index (χ3n) is 13.0. The summed E-state index contributed by atoms with van der Waals surface area (Å²) in [6.07, 6.45) is 7.80. The number of fused-ring (bicyclic) bond motifs is 6. The number of halogens is 2. The average molecular weight is 1180 g/mol. The minimum absolute atomic E-state index is 0.00467. The molecule has 0 fully saturated rings. The van der Waals surface area contributed by atoms with E-state index in [4.69, 9.17) is 36.8 Å². The zero-order valence-corrected chi connectivity index (χ0v) is 45.5. The molecule has 28 heteroatoms. The van der Waals surface area contributed by atoms with Crippen LogP contribution in [0.25, 0.3) is 33.7 Å². The molecular formula is C51H50Cl2N5O18P3. The molecule has 0 aromatic heterocycles. The van der Waals surface area contributed by atoms with Gasteiger partial charge in [-0.05, 0) is 46.9 Å². The van der Waals surface area contributed by atoms with Gasteiger partial charge in [0.25, 0.3) is 23.6 Å². The molecule has 0 saturated heterocycles. The molecular weight excluding hydrogens is 1130 g/mol. The third-order valence-corrected chi connectivity index (χ3v) is 15.0. The van der Waals surface area contributed by atoms with E-state index in [0.29, 0.717) is 51.9 Å². The number of phosphoric acid groups is 3. The maximum Gasteiger partial charge on any atom is 0.524 e. The molecule has 0 unspecified atom stereocenters. The van der Waals surface area contributed by atoms with Crippen LogP contribution in [-0.2, 0) is 42.5 Å². The van der Waals surface area contributed by atoms with Gasteiger partial charge in [0.1, 0.15) is 11.5 Å². The third kappa shape index (κ3) is 14.0. The molecule has 0 bridgehead atoms. The number of nitrogens with one attached hydrogen (secondary N) is 2.